The minimum absolute atomic E-state index is 0.198. The minimum Gasteiger partial charge on any atom is -0.465 e. The number of halogens is 3. The maximum atomic E-state index is 6.02. The molecule has 2 aromatic rings. The summed E-state index contributed by atoms with van der Waals surface area (Å²) in [5.74, 6) is 0.613. The molecule has 2 heterocycles. The summed E-state index contributed by atoms with van der Waals surface area (Å²) in [7, 11) is 0. The van der Waals surface area contributed by atoms with Gasteiger partial charge in [0, 0.05) is 16.2 Å². The van der Waals surface area contributed by atoms with Crippen LogP contribution in [0, 0.1) is 0 Å². The number of hydrogen-bond donors (Lipinski definition) is 0. The van der Waals surface area contributed by atoms with Gasteiger partial charge in [0.05, 0.1) is 10.0 Å². The van der Waals surface area contributed by atoms with Gasteiger partial charge >= 0.3 is 0 Å². The Kier molecular flexibility index (Phi) is 3.52. The Balaban J connectivity index is 1.94. The molecule has 1 aromatic heterocycles. The fourth-order valence-electron chi connectivity index (χ4n) is 1.88. The molecule has 3 rings (SSSR count). The molecule has 1 aliphatic heterocycles. The Morgan fingerprint density at radius 1 is 1.16 bits per heavy atom. The number of fused-ring (bicyclic) bond motifs is 1. The van der Waals surface area contributed by atoms with Gasteiger partial charge in [0.2, 0.25) is 5.88 Å². The number of aromatic nitrogens is 1. The van der Waals surface area contributed by atoms with E-state index >= 15 is 0 Å². The normalized spacial score (nSPS) is 16.9. The Morgan fingerprint density at radius 2 is 2.00 bits per heavy atom. The number of benzene rings is 1. The van der Waals surface area contributed by atoms with Gasteiger partial charge in [-0.3, -0.25) is 0 Å². The first-order valence-corrected chi connectivity index (χ1v) is 7.14. The van der Waals surface area contributed by atoms with Gasteiger partial charge in [-0.1, -0.05) is 29.3 Å². The van der Waals surface area contributed by atoms with E-state index in [1.54, 1.807) is 12.3 Å². The van der Waals surface area contributed by atoms with Gasteiger partial charge in [-0.2, -0.15) is 0 Å². The minimum atomic E-state index is -0.198. The Morgan fingerprint density at radius 3 is 2.79 bits per heavy atom. The number of ether oxygens (including phenoxy) is 1. The fourth-order valence-corrected chi connectivity index (χ4v) is 2.53. The SMILES string of the molecule is Clc1ccc([C@@H]2C=Cc3cc(Br)cnc3O2)cc1Cl. The molecule has 1 aromatic carbocycles. The lowest BCUT2D eigenvalue weighted by Gasteiger charge is -2.21. The highest BCUT2D eigenvalue weighted by Gasteiger charge is 2.18. The van der Waals surface area contributed by atoms with Crippen LogP contribution in [0.15, 0.2) is 41.0 Å². The molecule has 0 N–H and O–H groups in total. The zero-order valence-electron chi connectivity index (χ0n) is 9.61. The second-order valence-corrected chi connectivity index (χ2v) is 5.85. The molecule has 2 nitrogen and oxygen atoms in total. The highest BCUT2D eigenvalue weighted by atomic mass is 79.9. The van der Waals surface area contributed by atoms with Gasteiger partial charge in [-0.05, 0) is 51.8 Å². The summed E-state index contributed by atoms with van der Waals surface area (Å²) in [5.41, 5.74) is 1.90. The van der Waals surface area contributed by atoms with Crippen molar-refractivity contribution in [2.75, 3.05) is 0 Å². The zero-order valence-corrected chi connectivity index (χ0v) is 12.7. The lowest BCUT2D eigenvalue weighted by molar-refractivity contribution is 0.241. The summed E-state index contributed by atoms with van der Waals surface area (Å²) in [4.78, 5) is 4.26. The summed E-state index contributed by atoms with van der Waals surface area (Å²) in [5, 5.41) is 1.05. The quantitative estimate of drug-likeness (QED) is 0.691. The van der Waals surface area contributed by atoms with Crippen LogP contribution in [0.2, 0.25) is 10.0 Å². The van der Waals surface area contributed by atoms with Crippen molar-refractivity contribution < 1.29 is 4.74 Å². The summed E-state index contributed by atoms with van der Waals surface area (Å²) >= 11 is 15.3. The van der Waals surface area contributed by atoms with Crippen LogP contribution in [0.5, 0.6) is 5.88 Å². The van der Waals surface area contributed by atoms with Crippen LogP contribution in [0.4, 0.5) is 0 Å². The summed E-state index contributed by atoms with van der Waals surface area (Å²) in [6, 6.07) is 7.43. The smallest absolute Gasteiger partial charge is 0.221 e. The molecule has 0 saturated carbocycles. The van der Waals surface area contributed by atoms with E-state index in [1.807, 2.05) is 30.4 Å². The van der Waals surface area contributed by atoms with Crippen LogP contribution in [0.3, 0.4) is 0 Å². The van der Waals surface area contributed by atoms with Gasteiger partial charge < -0.3 is 4.74 Å². The molecular formula is C14H8BrCl2NO. The molecular weight excluding hydrogens is 349 g/mol. The van der Waals surface area contributed by atoms with Gasteiger partial charge in [0.15, 0.2) is 0 Å². The third-order valence-electron chi connectivity index (χ3n) is 2.81. The summed E-state index contributed by atoms with van der Waals surface area (Å²) in [6.45, 7) is 0. The van der Waals surface area contributed by atoms with E-state index in [9.17, 15) is 0 Å². The average Bonchev–Trinajstić information content (AvgIpc) is 2.41. The molecule has 0 saturated heterocycles. The third-order valence-corrected chi connectivity index (χ3v) is 3.98. The first kappa shape index (κ1) is 13.0. The van der Waals surface area contributed by atoms with Crippen molar-refractivity contribution in [3.8, 4) is 5.88 Å². The second kappa shape index (κ2) is 5.16. The third kappa shape index (κ3) is 2.64. The fraction of sp³-hybridized carbons (Fsp3) is 0.0714. The monoisotopic (exact) mass is 355 g/mol. The van der Waals surface area contributed by atoms with E-state index in [-0.39, 0.29) is 6.10 Å². The van der Waals surface area contributed by atoms with E-state index in [4.69, 9.17) is 27.9 Å². The molecule has 96 valence electrons. The van der Waals surface area contributed by atoms with Crippen molar-refractivity contribution in [3.05, 3.63) is 62.2 Å². The molecule has 0 unspecified atom stereocenters. The highest BCUT2D eigenvalue weighted by molar-refractivity contribution is 9.10. The highest BCUT2D eigenvalue weighted by Crippen LogP contribution is 2.34. The van der Waals surface area contributed by atoms with E-state index in [0.717, 1.165) is 15.6 Å². The molecule has 1 atom stereocenters. The Labute approximate surface area is 129 Å². The molecule has 0 amide bonds. The standard InChI is InChI=1S/C14H8BrCl2NO/c15-10-5-9-2-4-13(19-14(9)18-7-10)8-1-3-11(16)12(17)6-8/h1-7,13H/t13-/m0/s1. The topological polar surface area (TPSA) is 22.1 Å². The maximum absolute atomic E-state index is 6.02. The van der Waals surface area contributed by atoms with Crippen molar-refractivity contribution in [1.29, 1.82) is 0 Å². The van der Waals surface area contributed by atoms with E-state index in [2.05, 4.69) is 20.9 Å². The number of hydrogen-bond acceptors (Lipinski definition) is 2. The second-order valence-electron chi connectivity index (χ2n) is 4.12. The molecule has 0 fully saturated rings. The van der Waals surface area contributed by atoms with Gasteiger partial charge in [0.1, 0.15) is 6.10 Å². The lowest BCUT2D eigenvalue weighted by Crippen LogP contribution is -2.10. The molecule has 0 aliphatic carbocycles. The van der Waals surface area contributed by atoms with E-state index < -0.39 is 0 Å². The van der Waals surface area contributed by atoms with Crippen molar-refractivity contribution in [2.24, 2.45) is 0 Å². The predicted octanol–water partition coefficient (Wildman–Crippen LogP) is 5.30. The zero-order chi connectivity index (χ0) is 13.4. The summed E-state index contributed by atoms with van der Waals surface area (Å²) in [6.07, 6.45) is 5.47. The van der Waals surface area contributed by atoms with Crippen molar-refractivity contribution in [1.82, 2.24) is 4.98 Å². The van der Waals surface area contributed by atoms with Gasteiger partial charge in [0.25, 0.3) is 0 Å². The van der Waals surface area contributed by atoms with Crippen molar-refractivity contribution >= 4 is 45.2 Å². The van der Waals surface area contributed by atoms with Crippen LogP contribution < -0.4 is 4.74 Å². The number of nitrogens with zero attached hydrogens (tertiary/aromatic N) is 1. The van der Waals surface area contributed by atoms with Gasteiger partial charge in [-0.15, -0.1) is 0 Å². The van der Waals surface area contributed by atoms with Crippen molar-refractivity contribution in [3.63, 3.8) is 0 Å². The van der Waals surface area contributed by atoms with Crippen LogP contribution >= 0.6 is 39.1 Å². The molecule has 0 spiro atoms. The summed E-state index contributed by atoms with van der Waals surface area (Å²) < 4.78 is 6.77. The molecule has 1 aliphatic rings. The molecule has 0 radical (unpaired) electrons. The van der Waals surface area contributed by atoms with Crippen LogP contribution in [0.25, 0.3) is 6.08 Å². The van der Waals surface area contributed by atoms with Crippen LogP contribution in [-0.2, 0) is 0 Å². The largest absolute Gasteiger partial charge is 0.465 e. The average molecular weight is 357 g/mol. The molecule has 0 bridgehead atoms. The van der Waals surface area contributed by atoms with Crippen LogP contribution in [-0.4, -0.2) is 4.98 Å². The maximum Gasteiger partial charge on any atom is 0.221 e. The lowest BCUT2D eigenvalue weighted by atomic mass is 10.1. The Hall–Kier alpha value is -1.03. The molecule has 19 heavy (non-hydrogen) atoms. The van der Waals surface area contributed by atoms with Crippen LogP contribution in [0.1, 0.15) is 17.2 Å². The number of rotatable bonds is 1. The first-order valence-electron chi connectivity index (χ1n) is 5.59. The van der Waals surface area contributed by atoms with E-state index in [0.29, 0.717) is 15.9 Å². The number of pyridine rings is 1. The van der Waals surface area contributed by atoms with E-state index in [1.165, 1.54) is 0 Å². The molecule has 5 heteroatoms. The first-order chi connectivity index (χ1) is 9.13. The van der Waals surface area contributed by atoms with Crippen molar-refractivity contribution in [2.45, 2.75) is 6.10 Å². The Bertz CT molecular complexity index is 672. The predicted molar refractivity (Wildman–Crippen MR) is 80.8 cm³/mol. The van der Waals surface area contributed by atoms with Gasteiger partial charge in [-0.25, -0.2) is 4.98 Å².